The van der Waals surface area contributed by atoms with Crippen LogP contribution in [-0.4, -0.2) is 56.3 Å². The first-order valence-electron chi connectivity index (χ1n) is 13.5. The number of nitrogens with one attached hydrogen (secondary N) is 3. The number of rotatable bonds is 5. The van der Waals surface area contributed by atoms with E-state index in [1.807, 2.05) is 24.8 Å². The Morgan fingerprint density at radius 1 is 0.919 bits per heavy atom. The van der Waals surface area contributed by atoms with Gasteiger partial charge in [0.05, 0.1) is 23.1 Å². The second-order valence-corrected chi connectivity index (χ2v) is 10.5. The first-order valence-corrected chi connectivity index (χ1v) is 13.5. The molecule has 0 aromatic carbocycles. The summed E-state index contributed by atoms with van der Waals surface area (Å²) in [6.45, 7) is 4.43. The summed E-state index contributed by atoms with van der Waals surface area (Å²) in [5.41, 5.74) is 8.17. The van der Waals surface area contributed by atoms with Crippen LogP contribution in [0.25, 0.3) is 44.6 Å². The lowest BCUT2D eigenvalue weighted by atomic mass is 9.91. The minimum atomic E-state index is 0.722. The molecule has 188 valence electrons. The maximum Gasteiger partial charge on any atom is 0.139 e. The second kappa shape index (κ2) is 9.59. The van der Waals surface area contributed by atoms with Gasteiger partial charge in [-0.15, -0.1) is 0 Å². The fraction of sp³-hybridized carbons (Fsp3) is 0.379. The minimum absolute atomic E-state index is 0.722. The molecular formula is C29H32N8. The molecule has 8 nitrogen and oxygen atoms in total. The van der Waals surface area contributed by atoms with Gasteiger partial charge in [-0.05, 0) is 87.4 Å². The maximum atomic E-state index is 4.74. The SMILES string of the molecule is c1cc(N2CCCCC2)c2cc(-c3n[nH]c4cnc(-c5cncc(CC6CCNCC6)c5)cc34)[nH]c2n1. The Labute approximate surface area is 215 Å². The Hall–Kier alpha value is -3.78. The summed E-state index contributed by atoms with van der Waals surface area (Å²) in [5.74, 6) is 0.722. The van der Waals surface area contributed by atoms with Gasteiger partial charge in [-0.25, -0.2) is 4.98 Å². The predicted molar refractivity (Wildman–Crippen MR) is 148 cm³/mol. The van der Waals surface area contributed by atoms with Crippen molar-refractivity contribution in [1.82, 2.24) is 35.5 Å². The average molecular weight is 493 g/mol. The molecule has 0 atom stereocenters. The summed E-state index contributed by atoms with van der Waals surface area (Å²) in [4.78, 5) is 19.9. The molecule has 0 saturated carbocycles. The zero-order valence-corrected chi connectivity index (χ0v) is 21.0. The molecule has 0 radical (unpaired) electrons. The van der Waals surface area contributed by atoms with Gasteiger partial charge in [0, 0.05) is 53.7 Å². The van der Waals surface area contributed by atoms with Crippen molar-refractivity contribution in [2.45, 2.75) is 38.5 Å². The summed E-state index contributed by atoms with van der Waals surface area (Å²) in [6.07, 6.45) is 15.0. The summed E-state index contributed by atoms with van der Waals surface area (Å²) in [5, 5.41) is 13.5. The third-order valence-corrected chi connectivity index (χ3v) is 7.98. The van der Waals surface area contributed by atoms with Crippen LogP contribution in [0.1, 0.15) is 37.7 Å². The highest BCUT2D eigenvalue weighted by Crippen LogP contribution is 2.34. The van der Waals surface area contributed by atoms with Crippen LogP contribution in [0, 0.1) is 5.92 Å². The molecule has 2 aliphatic heterocycles. The molecule has 37 heavy (non-hydrogen) atoms. The van der Waals surface area contributed by atoms with Crippen molar-refractivity contribution in [2.75, 3.05) is 31.1 Å². The number of H-pyrrole nitrogens is 2. The van der Waals surface area contributed by atoms with Gasteiger partial charge in [0.1, 0.15) is 11.3 Å². The lowest BCUT2D eigenvalue weighted by Crippen LogP contribution is -2.29. The van der Waals surface area contributed by atoms with Crippen molar-refractivity contribution in [3.63, 3.8) is 0 Å². The highest BCUT2D eigenvalue weighted by Gasteiger charge is 2.19. The largest absolute Gasteiger partial charge is 0.371 e. The molecule has 7 heterocycles. The Morgan fingerprint density at radius 3 is 2.70 bits per heavy atom. The number of hydrogen-bond donors (Lipinski definition) is 3. The molecule has 0 unspecified atom stereocenters. The molecule has 0 amide bonds. The second-order valence-electron chi connectivity index (χ2n) is 10.5. The fourth-order valence-electron chi connectivity index (χ4n) is 5.99. The highest BCUT2D eigenvalue weighted by molar-refractivity contribution is 5.99. The molecule has 0 bridgehead atoms. The topological polar surface area (TPSA) is 98.4 Å². The number of aromatic amines is 2. The van der Waals surface area contributed by atoms with Gasteiger partial charge in [0.2, 0.25) is 0 Å². The Bertz CT molecular complexity index is 1540. The number of fused-ring (bicyclic) bond motifs is 2. The van der Waals surface area contributed by atoms with Crippen LogP contribution in [0.4, 0.5) is 5.69 Å². The smallest absolute Gasteiger partial charge is 0.139 e. The molecule has 5 aromatic heterocycles. The van der Waals surface area contributed by atoms with Crippen LogP contribution in [0.2, 0.25) is 0 Å². The molecule has 2 aliphatic rings. The Kier molecular flexibility index (Phi) is 5.81. The average Bonchev–Trinajstić information content (AvgIpc) is 3.58. The normalized spacial score (nSPS) is 17.1. The van der Waals surface area contributed by atoms with Crippen LogP contribution in [0.5, 0.6) is 0 Å². The molecule has 0 aliphatic carbocycles. The van der Waals surface area contributed by atoms with E-state index >= 15 is 0 Å². The first-order chi connectivity index (χ1) is 18.3. The summed E-state index contributed by atoms with van der Waals surface area (Å²) < 4.78 is 0. The molecular weight excluding hydrogens is 460 g/mol. The summed E-state index contributed by atoms with van der Waals surface area (Å²) >= 11 is 0. The molecule has 2 saturated heterocycles. The third-order valence-electron chi connectivity index (χ3n) is 7.98. The number of aromatic nitrogens is 6. The van der Waals surface area contributed by atoms with Crippen molar-refractivity contribution in [3.05, 3.63) is 54.6 Å². The first kappa shape index (κ1) is 22.4. The van der Waals surface area contributed by atoms with E-state index in [1.165, 1.54) is 43.4 Å². The summed E-state index contributed by atoms with van der Waals surface area (Å²) in [7, 11) is 0. The van der Waals surface area contributed by atoms with Crippen LogP contribution >= 0.6 is 0 Å². The van der Waals surface area contributed by atoms with Gasteiger partial charge >= 0.3 is 0 Å². The zero-order valence-electron chi connectivity index (χ0n) is 21.0. The van der Waals surface area contributed by atoms with Crippen molar-refractivity contribution in [3.8, 4) is 22.6 Å². The quantitative estimate of drug-likeness (QED) is 0.316. The number of nitrogens with zero attached hydrogens (tertiary/aromatic N) is 5. The van der Waals surface area contributed by atoms with Crippen LogP contribution < -0.4 is 10.2 Å². The number of anilines is 1. The van der Waals surface area contributed by atoms with Crippen molar-refractivity contribution < 1.29 is 0 Å². The lowest BCUT2D eigenvalue weighted by Gasteiger charge is -2.29. The minimum Gasteiger partial charge on any atom is -0.371 e. The van der Waals surface area contributed by atoms with E-state index in [0.717, 1.165) is 83.1 Å². The molecule has 2 fully saturated rings. The maximum absolute atomic E-state index is 4.74. The van der Waals surface area contributed by atoms with Crippen molar-refractivity contribution >= 4 is 27.6 Å². The zero-order chi connectivity index (χ0) is 24.6. The third kappa shape index (κ3) is 4.35. The standard InChI is InChI=1S/C29H32N8/c1-2-10-37(11-3-1)27-6-9-32-29-23(27)15-25(34-29)28-22-14-24(33-18-26(22)35-36-28)21-13-20(16-31-17-21)12-19-4-7-30-8-5-19/h6,9,13-19,30H,1-5,7-8,10-12H2,(H,32,34)(H,35,36). The monoisotopic (exact) mass is 492 g/mol. The van der Waals surface area contributed by atoms with Crippen LogP contribution in [0.3, 0.4) is 0 Å². The van der Waals surface area contributed by atoms with Crippen molar-refractivity contribution in [2.24, 2.45) is 5.92 Å². The van der Waals surface area contributed by atoms with E-state index in [-0.39, 0.29) is 0 Å². The molecule has 5 aromatic rings. The number of pyridine rings is 3. The van der Waals surface area contributed by atoms with Gasteiger partial charge in [0.25, 0.3) is 0 Å². The molecule has 0 spiro atoms. The summed E-state index contributed by atoms with van der Waals surface area (Å²) in [6, 6.07) is 8.72. The van der Waals surface area contributed by atoms with Gasteiger partial charge in [-0.1, -0.05) is 0 Å². The fourth-order valence-corrected chi connectivity index (χ4v) is 5.99. The van der Waals surface area contributed by atoms with E-state index in [9.17, 15) is 0 Å². The van der Waals surface area contributed by atoms with E-state index in [1.54, 1.807) is 0 Å². The van der Waals surface area contributed by atoms with Crippen LogP contribution in [0.15, 0.2) is 49.1 Å². The van der Waals surface area contributed by atoms with Crippen molar-refractivity contribution in [1.29, 1.82) is 0 Å². The molecule has 3 N–H and O–H groups in total. The van der Waals surface area contributed by atoms with E-state index in [4.69, 9.17) is 4.98 Å². The van der Waals surface area contributed by atoms with E-state index < -0.39 is 0 Å². The predicted octanol–water partition coefficient (Wildman–Crippen LogP) is 5.10. The van der Waals surface area contributed by atoms with Gasteiger partial charge in [-0.3, -0.25) is 15.1 Å². The lowest BCUT2D eigenvalue weighted by molar-refractivity contribution is 0.372. The highest BCUT2D eigenvalue weighted by atomic mass is 15.1. The Balaban J connectivity index is 1.23. The van der Waals surface area contributed by atoms with Gasteiger partial charge in [0.15, 0.2) is 0 Å². The van der Waals surface area contributed by atoms with E-state index in [2.05, 4.69) is 59.6 Å². The number of piperidine rings is 2. The molecule has 7 rings (SSSR count). The van der Waals surface area contributed by atoms with Gasteiger partial charge in [-0.2, -0.15) is 5.10 Å². The molecule has 8 heteroatoms. The Morgan fingerprint density at radius 2 is 1.81 bits per heavy atom. The van der Waals surface area contributed by atoms with Crippen LogP contribution in [-0.2, 0) is 6.42 Å². The number of hydrogen-bond acceptors (Lipinski definition) is 6. The van der Waals surface area contributed by atoms with Gasteiger partial charge < -0.3 is 15.2 Å². The van der Waals surface area contributed by atoms with E-state index in [0.29, 0.717) is 0 Å².